The average Bonchev–Trinajstić information content (AvgIpc) is 2.34. The number of rotatable bonds is 3. The third-order valence-corrected chi connectivity index (χ3v) is 4.38. The highest BCUT2D eigenvalue weighted by atomic mass is 31.2. The zero-order chi connectivity index (χ0) is 14.1. The second-order valence-corrected chi connectivity index (χ2v) is 7.14. The number of anilines is 1. The summed E-state index contributed by atoms with van der Waals surface area (Å²) in [5.41, 5.74) is 0.439. The Morgan fingerprint density at radius 1 is 1.42 bits per heavy atom. The number of benzene rings is 1. The van der Waals surface area contributed by atoms with E-state index in [1.54, 1.807) is 0 Å². The minimum Gasteiger partial charge on any atom is -0.622 e. The summed E-state index contributed by atoms with van der Waals surface area (Å²) >= 11 is 0. The highest BCUT2D eigenvalue weighted by Gasteiger charge is 2.39. The van der Waals surface area contributed by atoms with Gasteiger partial charge in [0.25, 0.3) is 13.7 Å². The first-order valence-corrected chi connectivity index (χ1v) is 7.45. The molecule has 7 nitrogen and oxygen atoms in total. The largest absolute Gasteiger partial charge is 0.622 e. The number of non-ortho nitro benzene ring substituents is 1. The number of nitro groups is 1. The van der Waals surface area contributed by atoms with E-state index < -0.39 is 12.9 Å². The maximum atomic E-state index is 12.3. The van der Waals surface area contributed by atoms with Gasteiger partial charge >= 0.3 is 0 Å². The second-order valence-electron chi connectivity index (χ2n) is 5.24. The van der Waals surface area contributed by atoms with Crippen LogP contribution in [0, 0.1) is 15.5 Å². The Morgan fingerprint density at radius 3 is 2.53 bits per heavy atom. The first-order valence-electron chi connectivity index (χ1n) is 5.82. The topological polar surface area (TPSA) is 99.5 Å². The Balaban J connectivity index is 2.03. The molecule has 2 N–H and O–H groups in total. The molecule has 0 amide bonds. The Morgan fingerprint density at radius 2 is 2.05 bits per heavy atom. The van der Waals surface area contributed by atoms with Crippen LogP contribution in [0.25, 0.3) is 0 Å². The van der Waals surface area contributed by atoms with Crippen LogP contribution < -0.4 is 15.1 Å². The molecule has 0 radical (unpaired) electrons. The molecule has 0 bridgehead atoms. The lowest BCUT2D eigenvalue weighted by molar-refractivity contribution is -0.384. The van der Waals surface area contributed by atoms with Crippen molar-refractivity contribution in [2.45, 2.75) is 13.8 Å². The van der Waals surface area contributed by atoms with Gasteiger partial charge in [0.05, 0.1) is 10.6 Å². The van der Waals surface area contributed by atoms with Gasteiger partial charge in [0.15, 0.2) is 0 Å². The Kier molecular flexibility index (Phi) is 3.73. The van der Waals surface area contributed by atoms with Crippen molar-refractivity contribution in [2.24, 2.45) is 5.41 Å². The maximum absolute atomic E-state index is 12.3. The first kappa shape index (κ1) is 14.1. The molecule has 0 spiro atoms. The third-order valence-electron chi connectivity index (χ3n) is 2.76. The van der Waals surface area contributed by atoms with E-state index in [1.807, 2.05) is 13.8 Å². The smallest absolute Gasteiger partial charge is 0.270 e. The summed E-state index contributed by atoms with van der Waals surface area (Å²) in [6, 6.07) is 5.70. The van der Waals surface area contributed by atoms with Crippen molar-refractivity contribution in [3.05, 3.63) is 34.4 Å². The van der Waals surface area contributed by atoms with Crippen molar-refractivity contribution in [2.75, 3.05) is 18.2 Å². The van der Waals surface area contributed by atoms with Gasteiger partial charge in [-0.3, -0.25) is 10.1 Å². The van der Waals surface area contributed by atoms with Crippen LogP contribution in [0.5, 0.6) is 0 Å². The predicted octanol–water partition coefficient (Wildman–Crippen LogP) is 1.69. The molecular formula is C11H16N3O4P. The highest BCUT2D eigenvalue weighted by Crippen LogP contribution is 2.50. The fraction of sp³-hybridized carbons (Fsp3) is 0.455. The van der Waals surface area contributed by atoms with E-state index in [2.05, 4.69) is 10.2 Å². The van der Waals surface area contributed by atoms with E-state index in [9.17, 15) is 15.0 Å². The van der Waals surface area contributed by atoms with E-state index in [0.29, 0.717) is 18.8 Å². The van der Waals surface area contributed by atoms with Gasteiger partial charge in [0, 0.05) is 24.1 Å². The van der Waals surface area contributed by atoms with Crippen LogP contribution in [0.2, 0.25) is 0 Å². The zero-order valence-corrected chi connectivity index (χ0v) is 11.6. The summed E-state index contributed by atoms with van der Waals surface area (Å²) in [5.74, 6) is 0. The third kappa shape index (κ3) is 3.61. The zero-order valence-electron chi connectivity index (χ0n) is 10.8. The monoisotopic (exact) mass is 285 g/mol. The van der Waals surface area contributed by atoms with Gasteiger partial charge in [-0.25, -0.2) is 5.09 Å². The Hall–Kier alpha value is -1.27. The highest BCUT2D eigenvalue weighted by molar-refractivity contribution is 7.63. The fourth-order valence-corrected chi connectivity index (χ4v) is 3.47. The van der Waals surface area contributed by atoms with Crippen molar-refractivity contribution in [1.29, 1.82) is 0 Å². The van der Waals surface area contributed by atoms with Gasteiger partial charge in [0.2, 0.25) is 0 Å². The van der Waals surface area contributed by atoms with Crippen molar-refractivity contribution in [3.8, 4) is 0 Å². The summed E-state index contributed by atoms with van der Waals surface area (Å²) in [6.07, 6.45) is 0. The molecule has 1 heterocycles. The Labute approximate surface area is 111 Å². The molecule has 19 heavy (non-hydrogen) atoms. The Bertz CT molecular complexity index is 467. The van der Waals surface area contributed by atoms with Crippen LogP contribution in [0.1, 0.15) is 13.8 Å². The second kappa shape index (κ2) is 5.02. The van der Waals surface area contributed by atoms with Crippen LogP contribution >= 0.6 is 8.02 Å². The van der Waals surface area contributed by atoms with E-state index in [4.69, 9.17) is 4.52 Å². The molecule has 1 saturated heterocycles. The molecular weight excluding hydrogens is 269 g/mol. The molecule has 0 aliphatic carbocycles. The fourth-order valence-electron chi connectivity index (χ4n) is 1.58. The van der Waals surface area contributed by atoms with Crippen LogP contribution in [0.4, 0.5) is 11.4 Å². The number of nitrogens with zero attached hydrogens (tertiary/aromatic N) is 1. The number of nitrogens with one attached hydrogen (secondary N) is 2. The molecule has 1 atom stereocenters. The van der Waals surface area contributed by atoms with Crippen molar-refractivity contribution >= 4 is 19.4 Å². The lowest BCUT2D eigenvalue weighted by atomic mass is 9.96. The van der Waals surface area contributed by atoms with E-state index in [-0.39, 0.29) is 11.1 Å². The molecule has 2 rings (SSSR count). The van der Waals surface area contributed by atoms with Crippen LogP contribution in [-0.2, 0) is 4.52 Å². The normalized spacial score (nSPS) is 25.8. The van der Waals surface area contributed by atoms with E-state index in [1.165, 1.54) is 24.3 Å². The van der Waals surface area contributed by atoms with Gasteiger partial charge in [-0.2, -0.15) is 9.61 Å². The van der Waals surface area contributed by atoms with Gasteiger partial charge in [0.1, 0.15) is 6.61 Å². The van der Waals surface area contributed by atoms with Crippen molar-refractivity contribution in [1.82, 2.24) is 5.09 Å². The molecule has 1 aromatic carbocycles. The lowest BCUT2D eigenvalue weighted by Crippen LogP contribution is -2.46. The molecule has 8 heteroatoms. The van der Waals surface area contributed by atoms with Gasteiger partial charge in [-0.15, -0.1) is 0 Å². The minimum atomic E-state index is -3.12. The molecule has 1 fully saturated rings. The number of hydrogen-bond acceptors (Lipinski definition) is 6. The van der Waals surface area contributed by atoms with Crippen LogP contribution in [0.15, 0.2) is 24.3 Å². The number of hydrogen-bond donors (Lipinski definition) is 2. The standard InChI is InChI=1S/C11H16N3O4P/c1-11(2)7-12-19(17,18-8-11)13-9-3-5-10(6-4-9)14(15)16/h3-6H,7-8H2,1-2H3,(H2,12,13,17). The molecule has 0 saturated carbocycles. The summed E-state index contributed by atoms with van der Waals surface area (Å²) in [5, 5.41) is 16.2. The first-order chi connectivity index (χ1) is 8.80. The van der Waals surface area contributed by atoms with Crippen LogP contribution in [0.3, 0.4) is 0 Å². The molecule has 1 aromatic rings. The molecule has 1 aliphatic rings. The summed E-state index contributed by atoms with van der Waals surface area (Å²) in [6.45, 7) is 4.98. The average molecular weight is 285 g/mol. The van der Waals surface area contributed by atoms with Gasteiger partial charge < -0.3 is 4.89 Å². The summed E-state index contributed by atoms with van der Waals surface area (Å²) in [7, 11) is -3.12. The maximum Gasteiger partial charge on any atom is 0.270 e. The number of nitro benzene ring substituents is 1. The SMILES string of the molecule is CC1(C)CN[P+]([O-])(Nc2ccc([N+](=O)[O-])cc2)OC1. The molecule has 1 aliphatic heterocycles. The van der Waals surface area contributed by atoms with Gasteiger partial charge in [-0.05, 0) is 12.1 Å². The molecule has 1 unspecified atom stereocenters. The van der Waals surface area contributed by atoms with Crippen molar-refractivity contribution in [3.63, 3.8) is 0 Å². The summed E-state index contributed by atoms with van der Waals surface area (Å²) < 4.78 is 5.36. The van der Waals surface area contributed by atoms with Crippen molar-refractivity contribution < 1.29 is 14.3 Å². The van der Waals surface area contributed by atoms with E-state index in [0.717, 1.165) is 0 Å². The molecule has 0 aromatic heterocycles. The predicted molar refractivity (Wildman–Crippen MR) is 71.4 cm³/mol. The summed E-state index contributed by atoms with van der Waals surface area (Å²) in [4.78, 5) is 22.4. The minimum absolute atomic E-state index is 0.0116. The van der Waals surface area contributed by atoms with E-state index >= 15 is 0 Å². The van der Waals surface area contributed by atoms with Crippen LogP contribution in [-0.4, -0.2) is 18.1 Å². The quantitative estimate of drug-likeness (QED) is 0.498. The molecule has 104 valence electrons. The lowest BCUT2D eigenvalue weighted by Gasteiger charge is -2.39. The van der Waals surface area contributed by atoms with Gasteiger partial charge in [-0.1, -0.05) is 13.8 Å².